The standard InChI is InChI=1S/C54H42Cl6N4O8/c1-5-69-48(65)32-13-9-30(10-14-32)44-29-61-53(62-44,45-40(57)25-38(55)26-41(45)58)54(46-42(59)27-39(56)28-43(46)60)63-47(31-11-15-33(16-12-31)49(66)70-6-2)52(64-54,36-21-17-34(18-22-36)50(67)71-7-3)37-23-19-35(20-24-37)51(68)72-8-4/h9-29,64H,5-8H2,1-4H3. The first-order chi connectivity index (χ1) is 34.6. The highest BCUT2D eigenvalue weighted by molar-refractivity contribution is 6.42. The van der Waals surface area contributed by atoms with Crippen molar-refractivity contribution in [3.8, 4) is 0 Å². The van der Waals surface area contributed by atoms with Gasteiger partial charge in [0.1, 0.15) is 5.54 Å². The summed E-state index contributed by atoms with van der Waals surface area (Å²) in [6.07, 6.45) is 1.52. The summed E-state index contributed by atoms with van der Waals surface area (Å²) in [4.78, 5) is 68.9. The lowest BCUT2D eigenvalue weighted by molar-refractivity contribution is 0.0516. The predicted octanol–water partition coefficient (Wildman–Crippen LogP) is 12.9. The smallest absolute Gasteiger partial charge is 0.338 e. The summed E-state index contributed by atoms with van der Waals surface area (Å²) >= 11 is 42.9. The van der Waals surface area contributed by atoms with Crippen molar-refractivity contribution in [2.24, 2.45) is 15.0 Å². The van der Waals surface area contributed by atoms with Gasteiger partial charge in [0, 0.05) is 26.7 Å². The Morgan fingerprint density at radius 1 is 0.472 bits per heavy atom. The highest BCUT2D eigenvalue weighted by Crippen LogP contribution is 2.60. The van der Waals surface area contributed by atoms with Crippen molar-refractivity contribution in [2.45, 2.75) is 44.6 Å². The van der Waals surface area contributed by atoms with Crippen LogP contribution in [-0.2, 0) is 35.8 Å². The first-order valence-electron chi connectivity index (χ1n) is 22.5. The Morgan fingerprint density at radius 2 is 0.819 bits per heavy atom. The predicted molar refractivity (Wildman–Crippen MR) is 281 cm³/mol. The van der Waals surface area contributed by atoms with Crippen LogP contribution >= 0.6 is 69.6 Å². The summed E-state index contributed by atoms with van der Waals surface area (Å²) in [6, 6.07) is 32.5. The normalized spacial score (nSPS) is 17.8. The second kappa shape index (κ2) is 21.6. The van der Waals surface area contributed by atoms with E-state index in [2.05, 4.69) is 5.32 Å². The molecule has 6 aromatic rings. The van der Waals surface area contributed by atoms with Crippen LogP contribution in [0.5, 0.6) is 0 Å². The Bertz CT molecular complexity index is 3090. The van der Waals surface area contributed by atoms with Gasteiger partial charge >= 0.3 is 23.9 Å². The van der Waals surface area contributed by atoms with E-state index in [4.69, 9.17) is 104 Å². The molecular formula is C54H42Cl6N4O8. The Morgan fingerprint density at radius 3 is 1.19 bits per heavy atom. The fraction of sp³-hybridized carbons (Fsp3) is 0.204. The molecule has 368 valence electrons. The molecule has 0 aromatic heterocycles. The number of esters is 4. The van der Waals surface area contributed by atoms with E-state index < -0.39 is 40.7 Å². The maximum absolute atomic E-state index is 13.2. The third-order valence-corrected chi connectivity index (χ3v) is 13.5. The Labute approximate surface area is 444 Å². The third-order valence-electron chi connectivity index (χ3n) is 11.9. The molecule has 2 aliphatic heterocycles. The van der Waals surface area contributed by atoms with Crippen LogP contribution in [0, 0.1) is 0 Å². The van der Waals surface area contributed by atoms with Crippen LogP contribution < -0.4 is 5.32 Å². The molecule has 6 aromatic carbocycles. The number of aliphatic imine (C=N–C) groups is 3. The van der Waals surface area contributed by atoms with E-state index in [9.17, 15) is 19.2 Å². The zero-order valence-corrected chi connectivity index (χ0v) is 43.4. The quantitative estimate of drug-likeness (QED) is 0.0781. The number of hydrogen-bond donors (Lipinski definition) is 1. The molecule has 72 heavy (non-hydrogen) atoms. The van der Waals surface area contributed by atoms with Crippen LogP contribution in [0.1, 0.15) is 103 Å². The van der Waals surface area contributed by atoms with Crippen molar-refractivity contribution in [3.05, 3.63) is 207 Å². The van der Waals surface area contributed by atoms with Gasteiger partial charge in [0.05, 0.1) is 86.4 Å². The van der Waals surface area contributed by atoms with E-state index >= 15 is 0 Å². The monoisotopic (exact) mass is 1080 g/mol. The summed E-state index contributed by atoms with van der Waals surface area (Å²) in [5.74, 6) is -2.18. The average Bonchev–Trinajstić information content (AvgIpc) is 3.97. The van der Waals surface area contributed by atoms with Crippen molar-refractivity contribution in [1.82, 2.24) is 5.32 Å². The fourth-order valence-corrected chi connectivity index (χ4v) is 11.0. The molecule has 0 aliphatic carbocycles. The molecule has 2 aliphatic rings. The van der Waals surface area contributed by atoms with Gasteiger partial charge in [0.25, 0.3) is 0 Å². The Balaban J connectivity index is 1.54. The molecule has 18 heteroatoms. The molecule has 2 heterocycles. The number of hydrogen-bond acceptors (Lipinski definition) is 12. The van der Waals surface area contributed by atoms with Gasteiger partial charge in [-0.25, -0.2) is 24.2 Å². The minimum absolute atomic E-state index is 0.0186. The molecule has 0 radical (unpaired) electrons. The molecule has 8 rings (SSSR count). The average molecular weight is 1090 g/mol. The second-order valence-corrected chi connectivity index (χ2v) is 18.7. The maximum Gasteiger partial charge on any atom is 0.338 e. The van der Waals surface area contributed by atoms with Gasteiger partial charge in [-0.15, -0.1) is 0 Å². The van der Waals surface area contributed by atoms with E-state index in [1.807, 2.05) is 0 Å². The van der Waals surface area contributed by atoms with Crippen molar-refractivity contribution < 1.29 is 38.1 Å². The molecule has 0 spiro atoms. The van der Waals surface area contributed by atoms with E-state index in [0.717, 1.165) is 0 Å². The zero-order chi connectivity index (χ0) is 51.5. The highest BCUT2D eigenvalue weighted by atomic mass is 35.5. The van der Waals surface area contributed by atoms with E-state index in [1.165, 1.54) is 30.5 Å². The lowest BCUT2D eigenvalue weighted by Gasteiger charge is -2.45. The summed E-state index contributed by atoms with van der Waals surface area (Å²) < 4.78 is 21.3. The molecule has 1 N–H and O–H groups in total. The molecule has 2 unspecified atom stereocenters. The van der Waals surface area contributed by atoms with Crippen molar-refractivity contribution >= 4 is 111 Å². The Hall–Kier alpha value is -6.09. The van der Waals surface area contributed by atoms with Crippen molar-refractivity contribution in [2.75, 3.05) is 26.4 Å². The third kappa shape index (κ3) is 9.53. The second-order valence-electron chi connectivity index (χ2n) is 16.2. The van der Waals surface area contributed by atoms with Gasteiger partial charge in [-0.05, 0) is 117 Å². The number of nitrogens with one attached hydrogen (secondary N) is 1. The van der Waals surface area contributed by atoms with E-state index in [1.54, 1.807) is 125 Å². The lowest BCUT2D eigenvalue weighted by Crippen LogP contribution is -2.59. The summed E-state index contributed by atoms with van der Waals surface area (Å²) in [7, 11) is 0. The molecule has 0 amide bonds. The molecule has 0 fully saturated rings. The molecule has 2 atom stereocenters. The number of benzene rings is 6. The van der Waals surface area contributed by atoms with Crippen LogP contribution in [0.25, 0.3) is 0 Å². The molecule has 0 bridgehead atoms. The van der Waals surface area contributed by atoms with Crippen LogP contribution in [0.15, 0.2) is 136 Å². The van der Waals surface area contributed by atoms with Gasteiger partial charge in [0.15, 0.2) is 5.66 Å². The van der Waals surface area contributed by atoms with Crippen molar-refractivity contribution in [1.29, 1.82) is 0 Å². The highest BCUT2D eigenvalue weighted by Gasteiger charge is 2.67. The number of nitrogens with zero attached hydrogens (tertiary/aromatic N) is 3. The SMILES string of the molecule is CCOC(=O)c1ccc(C2=NC(c3c(Cl)cc(Cl)cc3Cl)(C3(c4c(Cl)cc(Cl)cc4Cl)N=C(c4ccc(C(=O)OCC)cc4)C(c4ccc(C(=O)OCC)cc4)(c4ccc(C(=O)OCC)cc4)N3)N=C2)cc1. The molecule has 0 saturated carbocycles. The number of halogens is 6. The van der Waals surface area contributed by atoms with Crippen molar-refractivity contribution in [3.63, 3.8) is 0 Å². The molecular weight excluding hydrogens is 1050 g/mol. The van der Waals surface area contributed by atoms with Crippen LogP contribution in [0.2, 0.25) is 30.1 Å². The largest absolute Gasteiger partial charge is 0.462 e. The van der Waals surface area contributed by atoms with E-state index in [-0.39, 0.29) is 90.1 Å². The van der Waals surface area contributed by atoms with E-state index in [0.29, 0.717) is 33.5 Å². The minimum atomic E-state index is -2.15. The first kappa shape index (κ1) is 52.2. The first-order valence-corrected chi connectivity index (χ1v) is 24.8. The van der Waals surface area contributed by atoms with Gasteiger partial charge in [-0.2, -0.15) is 0 Å². The van der Waals surface area contributed by atoms with Gasteiger partial charge < -0.3 is 18.9 Å². The molecule has 0 saturated heterocycles. The minimum Gasteiger partial charge on any atom is -0.462 e. The maximum atomic E-state index is 13.2. The Kier molecular flexibility index (Phi) is 15.6. The van der Waals surface area contributed by atoms with Crippen LogP contribution in [-0.4, -0.2) is 67.9 Å². The number of ether oxygens (including phenoxy) is 4. The van der Waals surface area contributed by atoms with Gasteiger partial charge in [0.2, 0.25) is 5.66 Å². The van der Waals surface area contributed by atoms with Gasteiger partial charge in [-0.1, -0.05) is 118 Å². The number of carbonyl (C=O) groups excluding carboxylic acids is 4. The summed E-state index contributed by atoms with van der Waals surface area (Å²) in [6.45, 7) is 7.44. The fourth-order valence-electron chi connectivity index (χ4n) is 8.81. The van der Waals surface area contributed by atoms with Gasteiger partial charge in [-0.3, -0.25) is 15.3 Å². The topological polar surface area (TPSA) is 154 Å². The zero-order valence-electron chi connectivity index (χ0n) is 38.8. The molecule has 12 nitrogen and oxygen atoms in total. The number of rotatable bonds is 15. The summed E-state index contributed by atoms with van der Waals surface area (Å²) in [5, 5.41) is 4.39. The van der Waals surface area contributed by atoms with Crippen LogP contribution in [0.4, 0.5) is 0 Å². The lowest BCUT2D eigenvalue weighted by atomic mass is 9.75. The summed E-state index contributed by atoms with van der Waals surface area (Å²) in [5.41, 5.74) is -2.18. The number of carbonyl (C=O) groups is 4. The van der Waals surface area contributed by atoms with Crippen LogP contribution in [0.3, 0.4) is 0 Å².